The Bertz CT molecular complexity index is 1370. The lowest BCUT2D eigenvalue weighted by Crippen LogP contribution is -2.40. The summed E-state index contributed by atoms with van der Waals surface area (Å²) in [5.74, 6) is 0.258. The molecular formula is C33H44FN3O6. The summed E-state index contributed by atoms with van der Waals surface area (Å²) < 4.78 is 29.4. The average molecular weight is 598 g/mol. The summed E-state index contributed by atoms with van der Waals surface area (Å²) in [7, 11) is 3.10. The van der Waals surface area contributed by atoms with Crippen LogP contribution in [0.1, 0.15) is 84.9 Å². The first-order chi connectivity index (χ1) is 20.8. The van der Waals surface area contributed by atoms with Crippen LogP contribution in [0.25, 0.3) is 11.0 Å². The van der Waals surface area contributed by atoms with Gasteiger partial charge in [-0.25, -0.2) is 4.39 Å². The van der Waals surface area contributed by atoms with Gasteiger partial charge in [0.15, 0.2) is 5.76 Å². The normalized spacial score (nSPS) is 13.3. The van der Waals surface area contributed by atoms with E-state index in [1.165, 1.54) is 19.6 Å². The number of benzene rings is 2. The van der Waals surface area contributed by atoms with Crippen LogP contribution in [-0.2, 0) is 22.5 Å². The number of ether oxygens (including phenoxy) is 2. The minimum absolute atomic E-state index is 0.0794. The van der Waals surface area contributed by atoms with E-state index < -0.39 is 0 Å². The largest absolute Gasteiger partial charge is 0.496 e. The van der Waals surface area contributed by atoms with Crippen molar-refractivity contribution in [3.05, 3.63) is 64.7 Å². The number of rotatable bonds is 14. The third-order valence-electron chi connectivity index (χ3n) is 7.77. The van der Waals surface area contributed by atoms with Crippen molar-refractivity contribution in [3.8, 4) is 5.75 Å². The van der Waals surface area contributed by atoms with E-state index in [1.807, 2.05) is 24.0 Å². The van der Waals surface area contributed by atoms with Gasteiger partial charge in [-0.15, -0.1) is 0 Å². The highest BCUT2D eigenvalue weighted by molar-refractivity contribution is 6.02. The topological polar surface area (TPSA) is 110 Å². The van der Waals surface area contributed by atoms with Crippen LogP contribution < -0.4 is 15.4 Å². The second kappa shape index (κ2) is 16.6. The molecule has 3 aromatic rings. The molecule has 1 heterocycles. The zero-order chi connectivity index (χ0) is 31.4. The van der Waals surface area contributed by atoms with E-state index in [0.717, 1.165) is 43.1 Å². The van der Waals surface area contributed by atoms with E-state index >= 15 is 0 Å². The summed E-state index contributed by atoms with van der Waals surface area (Å²) in [4.78, 5) is 37.8. The number of furan rings is 1. The van der Waals surface area contributed by atoms with Gasteiger partial charge < -0.3 is 29.4 Å². The van der Waals surface area contributed by atoms with Crippen LogP contribution in [0.2, 0.25) is 0 Å². The Balaban J connectivity index is 0.000000326. The van der Waals surface area contributed by atoms with Crippen molar-refractivity contribution in [2.75, 3.05) is 27.4 Å². The van der Waals surface area contributed by atoms with Crippen molar-refractivity contribution < 1.29 is 32.7 Å². The second-order valence-corrected chi connectivity index (χ2v) is 10.6. The Hall–Kier alpha value is -3.92. The summed E-state index contributed by atoms with van der Waals surface area (Å²) >= 11 is 0. The maximum absolute atomic E-state index is 13.4. The number of methoxy groups -OCH3 is 2. The molecule has 4 rings (SSSR count). The maximum Gasteiger partial charge on any atom is 0.290 e. The third kappa shape index (κ3) is 8.56. The van der Waals surface area contributed by atoms with Gasteiger partial charge in [0.25, 0.3) is 11.8 Å². The molecule has 1 saturated carbocycles. The zero-order valence-corrected chi connectivity index (χ0v) is 25.8. The van der Waals surface area contributed by atoms with Gasteiger partial charge in [0.05, 0.1) is 13.7 Å². The van der Waals surface area contributed by atoms with Crippen LogP contribution >= 0.6 is 0 Å². The fourth-order valence-electron chi connectivity index (χ4n) is 4.89. The Labute approximate surface area is 253 Å². The molecule has 0 aliphatic heterocycles. The summed E-state index contributed by atoms with van der Waals surface area (Å²) in [6.45, 7) is 7.33. The van der Waals surface area contributed by atoms with Gasteiger partial charge in [0.2, 0.25) is 6.41 Å². The number of nitrogens with one attached hydrogen (secondary N) is 2. The number of nitrogens with zero attached hydrogens (tertiary/aromatic N) is 1. The number of carbonyl (C=O) groups excluding carboxylic acids is 3. The highest BCUT2D eigenvalue weighted by Gasteiger charge is 2.28. The Morgan fingerprint density at radius 1 is 1.16 bits per heavy atom. The molecule has 1 unspecified atom stereocenters. The molecule has 0 saturated heterocycles. The van der Waals surface area contributed by atoms with Crippen LogP contribution in [0.5, 0.6) is 5.75 Å². The van der Waals surface area contributed by atoms with Crippen LogP contribution in [0.15, 0.2) is 40.8 Å². The molecule has 0 spiro atoms. The minimum Gasteiger partial charge on any atom is -0.496 e. The molecule has 1 aliphatic rings. The number of hydrogen-bond donors (Lipinski definition) is 2. The molecule has 1 aromatic heterocycles. The van der Waals surface area contributed by atoms with E-state index in [1.54, 1.807) is 25.3 Å². The van der Waals surface area contributed by atoms with E-state index in [4.69, 9.17) is 13.9 Å². The fourth-order valence-corrected chi connectivity index (χ4v) is 4.89. The van der Waals surface area contributed by atoms with E-state index in [-0.39, 0.29) is 36.3 Å². The lowest BCUT2D eigenvalue weighted by molar-refractivity contribution is -0.109. The van der Waals surface area contributed by atoms with Gasteiger partial charge in [-0.3, -0.25) is 14.4 Å². The van der Waals surface area contributed by atoms with Crippen LogP contribution in [0, 0.1) is 5.82 Å². The molecule has 1 fully saturated rings. The van der Waals surface area contributed by atoms with Gasteiger partial charge in [-0.05, 0) is 63.3 Å². The monoisotopic (exact) mass is 597 g/mol. The van der Waals surface area contributed by atoms with Crippen molar-refractivity contribution in [1.29, 1.82) is 0 Å². The first-order valence-corrected chi connectivity index (χ1v) is 14.9. The van der Waals surface area contributed by atoms with Gasteiger partial charge in [0, 0.05) is 54.4 Å². The molecule has 1 aliphatic carbocycles. The highest BCUT2D eigenvalue weighted by atomic mass is 19.1. The quantitative estimate of drug-likeness (QED) is 0.233. The second-order valence-electron chi connectivity index (χ2n) is 10.6. The maximum atomic E-state index is 13.4. The number of fused-ring (bicyclic) bond motifs is 1. The first-order valence-electron chi connectivity index (χ1n) is 14.9. The summed E-state index contributed by atoms with van der Waals surface area (Å²) in [6.07, 6.45) is 6.28. The van der Waals surface area contributed by atoms with Gasteiger partial charge >= 0.3 is 0 Å². The molecular weight excluding hydrogens is 553 g/mol. The zero-order valence-electron chi connectivity index (χ0n) is 25.8. The Morgan fingerprint density at radius 3 is 2.53 bits per heavy atom. The average Bonchev–Trinajstić information content (AvgIpc) is 3.36. The van der Waals surface area contributed by atoms with Crippen molar-refractivity contribution in [1.82, 2.24) is 15.5 Å². The van der Waals surface area contributed by atoms with Crippen molar-refractivity contribution >= 4 is 29.2 Å². The molecule has 1 atom stereocenters. The van der Waals surface area contributed by atoms with Crippen molar-refractivity contribution in [2.24, 2.45) is 0 Å². The third-order valence-corrected chi connectivity index (χ3v) is 7.77. The number of aryl methyl sites for hydroxylation is 1. The van der Waals surface area contributed by atoms with Gasteiger partial charge in [0.1, 0.15) is 17.1 Å². The lowest BCUT2D eigenvalue weighted by atomic mass is 9.93. The number of carbonyl (C=O) groups is 3. The summed E-state index contributed by atoms with van der Waals surface area (Å²) in [5, 5.41) is 6.35. The first kappa shape index (κ1) is 33.6. The SMILES string of the molecule is CCCc1c(C(=O)N(CCOC)C(C)CC)oc2cc(C(=O)NC3CCC3)ccc12.COc1cccc(F)c1CNC=O. The lowest BCUT2D eigenvalue weighted by Gasteiger charge is -2.27. The van der Waals surface area contributed by atoms with Crippen molar-refractivity contribution in [2.45, 2.75) is 77.9 Å². The van der Waals surface area contributed by atoms with Crippen LogP contribution in [-0.4, -0.2) is 62.6 Å². The molecule has 2 aromatic carbocycles. The standard InChI is InChI=1S/C24H34N2O4.C9H10FNO2/c1-5-8-20-19-12-11-17(23(27)25-18-9-7-10-18)15-21(19)30-22(20)24(28)26(13-14-29-4)16(3)6-2;1-13-9-4-2-3-8(10)7(9)5-11-6-12/h11-12,15-16,18H,5-10,13-14H2,1-4H3,(H,25,27);2-4,6H,5H2,1H3,(H,11,12). The molecule has 43 heavy (non-hydrogen) atoms. The number of amides is 3. The van der Waals surface area contributed by atoms with Crippen LogP contribution in [0.4, 0.5) is 4.39 Å². The Kier molecular flexibility index (Phi) is 13.0. The number of halogens is 1. The summed E-state index contributed by atoms with van der Waals surface area (Å²) in [6, 6.07) is 10.4. The predicted octanol–water partition coefficient (Wildman–Crippen LogP) is 5.64. The Morgan fingerprint density at radius 2 is 1.93 bits per heavy atom. The van der Waals surface area contributed by atoms with Crippen molar-refractivity contribution in [3.63, 3.8) is 0 Å². The molecule has 0 bridgehead atoms. The molecule has 3 amide bonds. The van der Waals surface area contributed by atoms with E-state index in [9.17, 15) is 18.8 Å². The van der Waals surface area contributed by atoms with E-state index in [2.05, 4.69) is 24.5 Å². The predicted molar refractivity (Wildman–Crippen MR) is 164 cm³/mol. The molecule has 0 radical (unpaired) electrons. The minimum atomic E-state index is -0.381. The number of hydrogen-bond acceptors (Lipinski definition) is 6. The fraction of sp³-hybridized carbons (Fsp3) is 0.485. The van der Waals surface area contributed by atoms with E-state index in [0.29, 0.717) is 47.8 Å². The molecule has 9 nitrogen and oxygen atoms in total. The molecule has 2 N–H and O–H groups in total. The van der Waals surface area contributed by atoms with Gasteiger partial charge in [-0.1, -0.05) is 32.4 Å². The highest BCUT2D eigenvalue weighted by Crippen LogP contribution is 2.30. The van der Waals surface area contributed by atoms with Crippen LogP contribution in [0.3, 0.4) is 0 Å². The molecule has 10 heteroatoms. The smallest absolute Gasteiger partial charge is 0.290 e. The molecule has 234 valence electrons. The van der Waals surface area contributed by atoms with Gasteiger partial charge in [-0.2, -0.15) is 0 Å². The summed E-state index contributed by atoms with van der Waals surface area (Å²) in [5.41, 5.74) is 2.45.